The van der Waals surface area contributed by atoms with Gasteiger partial charge in [0.2, 0.25) is 0 Å². The van der Waals surface area contributed by atoms with E-state index in [4.69, 9.17) is 0 Å². The smallest absolute Gasteiger partial charge is 0.0538 e. The highest BCUT2D eigenvalue weighted by Crippen LogP contribution is 2.32. The molecule has 0 aliphatic carbocycles. The van der Waals surface area contributed by atoms with Crippen LogP contribution in [0.15, 0.2) is 12.4 Å². The van der Waals surface area contributed by atoms with E-state index in [0.717, 1.165) is 13.0 Å². The van der Waals surface area contributed by atoms with Crippen LogP contribution >= 0.6 is 0 Å². The standard InChI is InChI=1S/C17H32N4/c1-5-10-18-16(15-13-19-20(4)14-15)17(2,3)21-11-8-6-7-9-12-21/h13-14,16,18H,5-12H2,1-4H3. The van der Waals surface area contributed by atoms with Crippen LogP contribution in [0.2, 0.25) is 0 Å². The first-order valence-electron chi connectivity index (χ1n) is 8.52. The maximum absolute atomic E-state index is 4.38. The Morgan fingerprint density at radius 3 is 2.43 bits per heavy atom. The van der Waals surface area contributed by atoms with Crippen LogP contribution in [-0.4, -0.2) is 39.9 Å². The number of nitrogens with zero attached hydrogens (tertiary/aromatic N) is 3. The number of nitrogens with one attached hydrogen (secondary N) is 1. The molecule has 21 heavy (non-hydrogen) atoms. The Hall–Kier alpha value is -0.870. The van der Waals surface area contributed by atoms with Crippen molar-refractivity contribution in [1.29, 1.82) is 0 Å². The summed E-state index contributed by atoms with van der Waals surface area (Å²) in [6.07, 6.45) is 10.8. The molecule has 1 aliphatic rings. The first kappa shape index (κ1) is 16.5. The SMILES string of the molecule is CCCNC(c1cnn(C)c1)C(C)(C)N1CCCCCC1. The molecule has 1 fully saturated rings. The van der Waals surface area contributed by atoms with E-state index in [9.17, 15) is 0 Å². The van der Waals surface area contributed by atoms with Crippen molar-refractivity contribution in [2.75, 3.05) is 19.6 Å². The number of hydrogen-bond acceptors (Lipinski definition) is 3. The average molecular weight is 292 g/mol. The number of aryl methyl sites for hydroxylation is 1. The molecule has 4 nitrogen and oxygen atoms in total. The van der Waals surface area contributed by atoms with Gasteiger partial charge in [-0.3, -0.25) is 9.58 Å². The Balaban J connectivity index is 2.20. The van der Waals surface area contributed by atoms with Crippen molar-refractivity contribution in [3.8, 4) is 0 Å². The summed E-state index contributed by atoms with van der Waals surface area (Å²) in [5, 5.41) is 8.14. The van der Waals surface area contributed by atoms with Crippen molar-refractivity contribution < 1.29 is 0 Å². The predicted octanol–water partition coefficient (Wildman–Crippen LogP) is 3.12. The quantitative estimate of drug-likeness (QED) is 0.874. The highest BCUT2D eigenvalue weighted by atomic mass is 15.3. The molecule has 0 amide bonds. The van der Waals surface area contributed by atoms with E-state index in [2.05, 4.69) is 42.3 Å². The third-order valence-corrected chi connectivity index (χ3v) is 4.78. The van der Waals surface area contributed by atoms with Crippen LogP contribution in [-0.2, 0) is 7.05 Å². The summed E-state index contributed by atoms with van der Waals surface area (Å²) in [7, 11) is 2.00. The van der Waals surface area contributed by atoms with Crippen molar-refractivity contribution in [3.63, 3.8) is 0 Å². The van der Waals surface area contributed by atoms with Crippen LogP contribution in [0.1, 0.15) is 64.5 Å². The van der Waals surface area contributed by atoms with Crippen LogP contribution in [0.5, 0.6) is 0 Å². The number of hydrogen-bond donors (Lipinski definition) is 1. The van der Waals surface area contributed by atoms with E-state index in [1.807, 2.05) is 17.9 Å². The first-order valence-corrected chi connectivity index (χ1v) is 8.52. The second kappa shape index (κ2) is 7.41. The zero-order valence-electron chi connectivity index (χ0n) is 14.2. The molecule has 1 aromatic rings. The van der Waals surface area contributed by atoms with Gasteiger partial charge < -0.3 is 5.32 Å². The van der Waals surface area contributed by atoms with E-state index >= 15 is 0 Å². The monoisotopic (exact) mass is 292 g/mol. The van der Waals surface area contributed by atoms with Gasteiger partial charge in [-0.05, 0) is 52.7 Å². The zero-order valence-corrected chi connectivity index (χ0v) is 14.2. The molecule has 120 valence electrons. The van der Waals surface area contributed by atoms with Gasteiger partial charge >= 0.3 is 0 Å². The Kier molecular flexibility index (Phi) is 5.82. The van der Waals surface area contributed by atoms with E-state index in [-0.39, 0.29) is 5.54 Å². The van der Waals surface area contributed by atoms with Gasteiger partial charge in [-0.2, -0.15) is 5.10 Å². The molecule has 1 saturated heterocycles. The largest absolute Gasteiger partial charge is 0.308 e. The normalized spacial score (nSPS) is 19.4. The molecule has 1 aliphatic heterocycles. The van der Waals surface area contributed by atoms with Crippen LogP contribution < -0.4 is 5.32 Å². The summed E-state index contributed by atoms with van der Waals surface area (Å²) >= 11 is 0. The van der Waals surface area contributed by atoms with Gasteiger partial charge in [0.1, 0.15) is 0 Å². The lowest BCUT2D eigenvalue weighted by Gasteiger charge is -2.44. The van der Waals surface area contributed by atoms with Crippen molar-refractivity contribution in [2.45, 2.75) is 64.5 Å². The van der Waals surface area contributed by atoms with E-state index in [1.54, 1.807) is 0 Å². The van der Waals surface area contributed by atoms with Crippen molar-refractivity contribution in [2.24, 2.45) is 7.05 Å². The lowest BCUT2D eigenvalue weighted by molar-refractivity contribution is 0.0833. The fraction of sp³-hybridized carbons (Fsp3) is 0.824. The summed E-state index contributed by atoms with van der Waals surface area (Å²) < 4.78 is 1.91. The summed E-state index contributed by atoms with van der Waals surface area (Å²) in [5.74, 6) is 0. The highest BCUT2D eigenvalue weighted by molar-refractivity contribution is 5.16. The Morgan fingerprint density at radius 1 is 1.24 bits per heavy atom. The molecule has 4 heteroatoms. The van der Waals surface area contributed by atoms with Gasteiger partial charge in [0.15, 0.2) is 0 Å². The van der Waals surface area contributed by atoms with Gasteiger partial charge in [0, 0.05) is 24.3 Å². The van der Waals surface area contributed by atoms with E-state index < -0.39 is 0 Å². The van der Waals surface area contributed by atoms with Crippen LogP contribution in [0.3, 0.4) is 0 Å². The number of likely N-dealkylation sites (tertiary alicyclic amines) is 1. The molecular weight excluding hydrogens is 260 g/mol. The first-order chi connectivity index (χ1) is 10.1. The Labute approximate surface area is 129 Å². The van der Waals surface area contributed by atoms with E-state index in [0.29, 0.717) is 6.04 Å². The molecule has 0 spiro atoms. The lowest BCUT2D eigenvalue weighted by Crippen LogP contribution is -2.53. The van der Waals surface area contributed by atoms with Gasteiger partial charge in [0.25, 0.3) is 0 Å². The maximum Gasteiger partial charge on any atom is 0.0538 e. The molecule has 1 unspecified atom stereocenters. The second-order valence-electron chi connectivity index (χ2n) is 6.89. The van der Waals surface area contributed by atoms with Gasteiger partial charge in [0.05, 0.1) is 12.2 Å². The summed E-state index contributed by atoms with van der Waals surface area (Å²) in [6.45, 7) is 10.5. The minimum Gasteiger partial charge on any atom is -0.308 e. The predicted molar refractivity (Wildman–Crippen MR) is 88.4 cm³/mol. The summed E-state index contributed by atoms with van der Waals surface area (Å²) in [5.41, 5.74) is 1.42. The average Bonchev–Trinajstić information content (AvgIpc) is 2.71. The van der Waals surface area contributed by atoms with Crippen molar-refractivity contribution in [1.82, 2.24) is 20.0 Å². The van der Waals surface area contributed by atoms with Crippen molar-refractivity contribution >= 4 is 0 Å². The maximum atomic E-state index is 4.38. The summed E-state index contributed by atoms with van der Waals surface area (Å²) in [6, 6.07) is 0.337. The molecule has 1 N–H and O–H groups in total. The highest BCUT2D eigenvalue weighted by Gasteiger charge is 2.36. The minimum atomic E-state index is 0.114. The van der Waals surface area contributed by atoms with Crippen LogP contribution in [0.25, 0.3) is 0 Å². The Morgan fingerprint density at radius 2 is 1.90 bits per heavy atom. The molecule has 2 heterocycles. The molecule has 0 aromatic carbocycles. The third-order valence-electron chi connectivity index (χ3n) is 4.78. The fourth-order valence-electron chi connectivity index (χ4n) is 3.48. The topological polar surface area (TPSA) is 33.1 Å². The van der Waals surface area contributed by atoms with Gasteiger partial charge in [-0.15, -0.1) is 0 Å². The minimum absolute atomic E-state index is 0.114. The van der Waals surface area contributed by atoms with Crippen LogP contribution in [0.4, 0.5) is 0 Å². The third kappa shape index (κ3) is 4.07. The lowest BCUT2D eigenvalue weighted by atomic mass is 9.87. The fourth-order valence-corrected chi connectivity index (χ4v) is 3.48. The van der Waals surface area contributed by atoms with Crippen molar-refractivity contribution in [3.05, 3.63) is 18.0 Å². The number of rotatable bonds is 6. The Bertz CT molecular complexity index is 416. The molecule has 0 bridgehead atoms. The molecule has 0 radical (unpaired) electrons. The molecular formula is C17H32N4. The second-order valence-corrected chi connectivity index (χ2v) is 6.89. The molecule has 1 atom stereocenters. The zero-order chi connectivity index (χ0) is 15.3. The summed E-state index contributed by atoms with van der Waals surface area (Å²) in [4.78, 5) is 2.68. The molecule has 1 aromatic heterocycles. The van der Waals surface area contributed by atoms with Gasteiger partial charge in [-0.25, -0.2) is 0 Å². The van der Waals surface area contributed by atoms with E-state index in [1.165, 1.54) is 44.3 Å². The molecule has 0 saturated carbocycles. The van der Waals surface area contributed by atoms with Crippen LogP contribution in [0, 0.1) is 0 Å². The van der Waals surface area contributed by atoms with Gasteiger partial charge in [-0.1, -0.05) is 19.8 Å². The number of aromatic nitrogens is 2. The molecule has 2 rings (SSSR count).